The minimum Gasteiger partial charge on any atom is -0.406 e. The molecular weight excluding hydrogens is 224 g/mol. The second-order valence-corrected chi connectivity index (χ2v) is 4.31. The highest BCUT2D eigenvalue weighted by Crippen LogP contribution is 2.29. The first kappa shape index (κ1) is 12.1. The van der Waals surface area contributed by atoms with Crippen molar-refractivity contribution >= 4 is 5.88 Å². The van der Waals surface area contributed by atoms with Crippen LogP contribution >= 0.6 is 0 Å². The molecule has 1 N–H and O–H groups in total. The summed E-state index contributed by atoms with van der Waals surface area (Å²) in [6.07, 6.45) is 2.36. The topological polar surface area (TPSA) is 77.5 Å². The average Bonchev–Trinajstić information content (AvgIpc) is 2.79. The molecular formula is C11H16N2O4. The van der Waals surface area contributed by atoms with Gasteiger partial charge in [-0.15, -0.1) is 0 Å². The van der Waals surface area contributed by atoms with Gasteiger partial charge in [0.25, 0.3) is 0 Å². The van der Waals surface area contributed by atoms with Gasteiger partial charge in [0.05, 0.1) is 11.7 Å². The van der Waals surface area contributed by atoms with E-state index in [1.165, 1.54) is 6.07 Å². The molecule has 0 spiro atoms. The number of hydrogen-bond donors (Lipinski definition) is 1. The lowest BCUT2D eigenvalue weighted by molar-refractivity contribution is -0.402. The summed E-state index contributed by atoms with van der Waals surface area (Å²) in [4.78, 5) is 10.0. The Morgan fingerprint density at radius 2 is 2.24 bits per heavy atom. The molecule has 1 fully saturated rings. The molecule has 2 rings (SSSR count). The van der Waals surface area contributed by atoms with Crippen molar-refractivity contribution < 1.29 is 14.1 Å². The van der Waals surface area contributed by atoms with Gasteiger partial charge in [-0.25, -0.2) is 0 Å². The number of nitrogens with one attached hydrogen (secondary N) is 1. The minimum absolute atomic E-state index is 0.208. The van der Waals surface area contributed by atoms with Crippen molar-refractivity contribution in [2.24, 2.45) is 0 Å². The van der Waals surface area contributed by atoms with Gasteiger partial charge in [0.2, 0.25) is 0 Å². The lowest BCUT2D eigenvalue weighted by Gasteiger charge is -2.35. The molecule has 2 heterocycles. The quantitative estimate of drug-likeness (QED) is 0.637. The molecule has 6 heteroatoms. The van der Waals surface area contributed by atoms with Crippen LogP contribution in [0.25, 0.3) is 0 Å². The number of furan rings is 1. The number of nitro groups is 1. The van der Waals surface area contributed by atoms with Gasteiger partial charge in [-0.3, -0.25) is 10.1 Å². The molecule has 1 aromatic rings. The fourth-order valence-corrected chi connectivity index (χ4v) is 2.21. The van der Waals surface area contributed by atoms with Crippen molar-refractivity contribution in [2.75, 3.05) is 20.2 Å². The van der Waals surface area contributed by atoms with Gasteiger partial charge in [0.1, 0.15) is 10.7 Å². The van der Waals surface area contributed by atoms with Crippen LogP contribution in [0.1, 0.15) is 18.6 Å². The second kappa shape index (κ2) is 4.85. The molecule has 6 nitrogen and oxygen atoms in total. The first-order chi connectivity index (χ1) is 8.15. The fourth-order valence-electron chi connectivity index (χ4n) is 2.21. The molecule has 0 aromatic carbocycles. The maximum Gasteiger partial charge on any atom is 0.433 e. The maximum absolute atomic E-state index is 10.5. The Morgan fingerprint density at radius 1 is 1.53 bits per heavy atom. The number of methoxy groups -OCH3 is 1. The minimum atomic E-state index is -0.522. The van der Waals surface area contributed by atoms with Gasteiger partial charge in [0, 0.05) is 13.5 Å². The van der Waals surface area contributed by atoms with Crippen molar-refractivity contribution in [1.29, 1.82) is 0 Å². The summed E-state index contributed by atoms with van der Waals surface area (Å²) in [6, 6.07) is 3.04. The van der Waals surface area contributed by atoms with Crippen LogP contribution in [-0.4, -0.2) is 30.7 Å². The number of piperidine rings is 1. The Balaban J connectivity index is 2.09. The predicted molar refractivity (Wildman–Crippen MR) is 60.9 cm³/mol. The molecule has 0 bridgehead atoms. The molecule has 0 aliphatic carbocycles. The summed E-state index contributed by atoms with van der Waals surface area (Å²) in [6.45, 7) is 1.80. The van der Waals surface area contributed by atoms with Crippen molar-refractivity contribution in [1.82, 2.24) is 5.32 Å². The molecule has 0 amide bonds. The zero-order valence-corrected chi connectivity index (χ0v) is 9.77. The number of ether oxygens (including phenoxy) is 1. The second-order valence-electron chi connectivity index (χ2n) is 4.31. The predicted octanol–water partition coefficient (Wildman–Crippen LogP) is 1.50. The van der Waals surface area contributed by atoms with Gasteiger partial charge >= 0.3 is 5.88 Å². The summed E-state index contributed by atoms with van der Waals surface area (Å²) >= 11 is 0. The smallest absolute Gasteiger partial charge is 0.406 e. The third-order valence-electron chi connectivity index (χ3n) is 3.27. The largest absolute Gasteiger partial charge is 0.433 e. The lowest BCUT2D eigenvalue weighted by atomic mass is 9.88. The van der Waals surface area contributed by atoms with E-state index in [2.05, 4.69) is 5.32 Å². The van der Waals surface area contributed by atoms with Crippen LogP contribution in [-0.2, 0) is 11.2 Å². The highest BCUT2D eigenvalue weighted by molar-refractivity contribution is 5.19. The van der Waals surface area contributed by atoms with Crippen LogP contribution in [0.5, 0.6) is 0 Å². The van der Waals surface area contributed by atoms with Gasteiger partial charge < -0.3 is 14.5 Å². The Labute approximate surface area is 99.1 Å². The molecule has 0 atom stereocenters. The first-order valence-electron chi connectivity index (χ1n) is 5.64. The Hall–Kier alpha value is -1.40. The molecule has 1 saturated heterocycles. The number of rotatable bonds is 4. The summed E-state index contributed by atoms with van der Waals surface area (Å²) in [7, 11) is 1.68. The maximum atomic E-state index is 10.5. The van der Waals surface area contributed by atoms with Crippen LogP contribution < -0.4 is 5.32 Å². The monoisotopic (exact) mass is 240 g/mol. The van der Waals surface area contributed by atoms with Crippen LogP contribution in [0.15, 0.2) is 16.5 Å². The zero-order chi connectivity index (χ0) is 12.3. The SMILES string of the molecule is COC1(Cc2ccc([N+](=O)[O-])o2)CCNCC1. The Bertz CT molecular complexity index is 396. The van der Waals surface area contributed by atoms with Crippen molar-refractivity contribution in [2.45, 2.75) is 24.9 Å². The normalized spacial score (nSPS) is 19.1. The third-order valence-corrected chi connectivity index (χ3v) is 3.27. The summed E-state index contributed by atoms with van der Waals surface area (Å²) < 4.78 is 10.8. The lowest BCUT2D eigenvalue weighted by Crippen LogP contribution is -2.44. The van der Waals surface area contributed by atoms with E-state index in [9.17, 15) is 10.1 Å². The highest BCUT2D eigenvalue weighted by Gasteiger charge is 2.33. The van der Waals surface area contributed by atoms with E-state index in [1.54, 1.807) is 13.2 Å². The van der Waals surface area contributed by atoms with E-state index in [1.807, 2.05) is 0 Å². The van der Waals surface area contributed by atoms with E-state index >= 15 is 0 Å². The molecule has 94 valence electrons. The van der Waals surface area contributed by atoms with Gasteiger partial charge in [-0.1, -0.05) is 0 Å². The first-order valence-corrected chi connectivity index (χ1v) is 5.64. The molecule has 0 radical (unpaired) electrons. The third kappa shape index (κ3) is 2.65. The van der Waals surface area contributed by atoms with E-state index in [0.717, 1.165) is 25.9 Å². The van der Waals surface area contributed by atoms with Gasteiger partial charge in [-0.05, 0) is 32.0 Å². The van der Waals surface area contributed by atoms with E-state index < -0.39 is 4.92 Å². The summed E-state index contributed by atoms with van der Waals surface area (Å²) in [5.41, 5.74) is -0.253. The van der Waals surface area contributed by atoms with E-state index in [0.29, 0.717) is 12.2 Å². The Morgan fingerprint density at radius 3 is 2.76 bits per heavy atom. The standard InChI is InChI=1S/C11H16N2O4/c1-16-11(4-6-12-7-5-11)8-9-2-3-10(17-9)13(14)15/h2-3,12H,4-8H2,1H3. The van der Waals surface area contributed by atoms with Crippen molar-refractivity contribution in [3.8, 4) is 0 Å². The highest BCUT2D eigenvalue weighted by atomic mass is 16.6. The van der Waals surface area contributed by atoms with E-state index in [4.69, 9.17) is 9.15 Å². The van der Waals surface area contributed by atoms with Crippen molar-refractivity contribution in [3.63, 3.8) is 0 Å². The fraction of sp³-hybridized carbons (Fsp3) is 0.636. The summed E-state index contributed by atoms with van der Waals surface area (Å²) in [5, 5.41) is 13.8. The Kier molecular flexibility index (Phi) is 3.44. The molecule has 1 aromatic heterocycles. The van der Waals surface area contributed by atoms with Crippen LogP contribution in [0.4, 0.5) is 5.88 Å². The van der Waals surface area contributed by atoms with Crippen LogP contribution in [0.2, 0.25) is 0 Å². The van der Waals surface area contributed by atoms with Crippen LogP contribution in [0.3, 0.4) is 0 Å². The molecule has 0 unspecified atom stereocenters. The summed E-state index contributed by atoms with van der Waals surface area (Å²) in [5.74, 6) is 0.403. The molecule has 0 saturated carbocycles. The average molecular weight is 240 g/mol. The van der Waals surface area contributed by atoms with Gasteiger partial charge in [0.15, 0.2) is 0 Å². The molecule has 1 aliphatic rings. The van der Waals surface area contributed by atoms with Crippen molar-refractivity contribution in [3.05, 3.63) is 28.0 Å². The number of nitrogens with zero attached hydrogens (tertiary/aromatic N) is 1. The zero-order valence-electron chi connectivity index (χ0n) is 9.77. The van der Waals surface area contributed by atoms with Crippen LogP contribution in [0, 0.1) is 10.1 Å². The number of hydrogen-bond acceptors (Lipinski definition) is 5. The van der Waals surface area contributed by atoms with Gasteiger partial charge in [-0.2, -0.15) is 0 Å². The molecule has 1 aliphatic heterocycles. The van der Waals surface area contributed by atoms with E-state index in [-0.39, 0.29) is 11.5 Å². The molecule has 17 heavy (non-hydrogen) atoms.